The van der Waals surface area contributed by atoms with Crippen molar-refractivity contribution in [3.8, 4) is 5.75 Å². The third-order valence-corrected chi connectivity index (χ3v) is 16.8. The minimum Gasteiger partial charge on any atom is -0.508 e. The van der Waals surface area contributed by atoms with E-state index in [9.17, 15) is 68.4 Å². The number of benzene rings is 2. The molecule has 5 fully saturated rings. The molecular weight excluding hydrogens is 1120 g/mol. The van der Waals surface area contributed by atoms with Crippen LogP contribution < -0.4 is 31.9 Å². The molecule has 7 rings (SSSR count). The summed E-state index contributed by atoms with van der Waals surface area (Å²) >= 11 is 0. The predicted molar refractivity (Wildman–Crippen MR) is 307 cm³/mol. The fraction of sp³-hybridized carbons (Fsp3) is 0.617. The Morgan fingerprint density at radius 2 is 1.16 bits per heavy atom. The molecule has 0 bridgehead atoms. The third kappa shape index (κ3) is 16.2. The number of rotatable bonds is 12. The van der Waals surface area contributed by atoms with Gasteiger partial charge in [-0.3, -0.25) is 47.9 Å². The number of phenolic OH excluding ortho intramolecular Hbond substituents is 1. The summed E-state index contributed by atoms with van der Waals surface area (Å²) in [4.78, 5) is 164. The molecule has 470 valence electrons. The molecule has 26 heteroatoms. The van der Waals surface area contributed by atoms with E-state index in [0.29, 0.717) is 17.5 Å². The van der Waals surface area contributed by atoms with E-state index in [-0.39, 0.29) is 88.1 Å². The molecule has 15 atom stereocenters. The molecule has 0 saturated carbocycles. The highest BCUT2D eigenvalue weighted by molar-refractivity contribution is 6.00. The molecule has 0 aliphatic carbocycles. The molecule has 0 radical (unpaired) electrons. The summed E-state index contributed by atoms with van der Waals surface area (Å²) in [6.07, 6.45) is -2.92. The quantitative estimate of drug-likeness (QED) is 0.104. The van der Waals surface area contributed by atoms with Crippen molar-refractivity contribution in [2.24, 2.45) is 23.7 Å². The van der Waals surface area contributed by atoms with Crippen molar-refractivity contribution in [3.63, 3.8) is 0 Å². The molecule has 2 aromatic carbocycles. The van der Waals surface area contributed by atoms with Gasteiger partial charge < -0.3 is 76.7 Å². The summed E-state index contributed by atoms with van der Waals surface area (Å²) in [7, 11) is 0. The molecule has 0 aromatic heterocycles. The van der Waals surface area contributed by atoms with E-state index in [1.807, 2.05) is 0 Å². The predicted octanol–water partition coefficient (Wildman–Crippen LogP) is -1.86. The molecule has 10 N–H and O–H groups in total. The van der Waals surface area contributed by atoms with Gasteiger partial charge >= 0.3 is 5.97 Å². The molecule has 5 heterocycles. The highest BCUT2D eigenvalue weighted by Gasteiger charge is 2.51. The van der Waals surface area contributed by atoms with Crippen LogP contribution in [0.2, 0.25) is 0 Å². The van der Waals surface area contributed by atoms with E-state index in [2.05, 4.69) is 31.9 Å². The topological polar surface area (TPSA) is 363 Å². The van der Waals surface area contributed by atoms with E-state index in [1.165, 1.54) is 41.0 Å². The molecule has 2 unspecified atom stereocenters. The summed E-state index contributed by atoms with van der Waals surface area (Å²) in [6.45, 7) is 9.12. The van der Waals surface area contributed by atoms with Gasteiger partial charge in [-0.05, 0) is 66.2 Å². The summed E-state index contributed by atoms with van der Waals surface area (Å²) in [5.41, 5.74) is 1.09. The average Bonchev–Trinajstić information content (AvgIpc) is 1.81. The maximum absolute atomic E-state index is 15.1. The van der Waals surface area contributed by atoms with E-state index in [1.54, 1.807) is 71.9 Å². The Bertz CT molecular complexity index is 2820. The maximum Gasteiger partial charge on any atom is 0.328 e. The first-order chi connectivity index (χ1) is 40.8. The van der Waals surface area contributed by atoms with Crippen LogP contribution in [-0.2, 0) is 70.3 Å². The van der Waals surface area contributed by atoms with Crippen molar-refractivity contribution in [2.45, 2.75) is 172 Å². The van der Waals surface area contributed by atoms with Crippen LogP contribution in [0, 0.1) is 23.7 Å². The lowest BCUT2D eigenvalue weighted by Gasteiger charge is -2.34. The third-order valence-electron chi connectivity index (χ3n) is 16.8. The van der Waals surface area contributed by atoms with Crippen LogP contribution in [0.15, 0.2) is 54.6 Å². The number of aromatic hydroxyl groups is 1. The Kier molecular flexibility index (Phi) is 22.3. The van der Waals surface area contributed by atoms with Crippen LogP contribution in [0.1, 0.15) is 98.1 Å². The first-order valence-electron chi connectivity index (χ1n) is 29.7. The van der Waals surface area contributed by atoms with Gasteiger partial charge in [0.15, 0.2) is 0 Å². The zero-order valence-electron chi connectivity index (χ0n) is 49.8. The van der Waals surface area contributed by atoms with Crippen molar-refractivity contribution < 1.29 is 77.9 Å². The number of cyclic esters (lactones) is 1. The number of aliphatic hydroxyl groups excluding tert-OH is 3. The van der Waals surface area contributed by atoms with Crippen molar-refractivity contribution in [3.05, 3.63) is 65.7 Å². The molecule has 5 saturated heterocycles. The monoisotopic (exact) mass is 1200 g/mol. The molecule has 5 aliphatic heterocycles. The molecule has 2 aromatic rings. The standard InChI is InChI=1S/C60H84N10O16/c1-8-34(6)50-55(80)63-43(22-37-14-16-38(73)17-15-37)52(77)64-44(29-71)56(81)69-27-39(74)23-47(69)59(84)70-28-40(75)24-48(70)58(83)68-26-33(5)20-49(68)60(85)86-30-45(65-51(76)42(61-35(7)72)21-36-12-10-9-11-13-36)57(82)67-25-32(4)19-46(67)54(79)62-41(18-31(2)3)53(78)66-50/h9-17,31-34,39-50,71,73-75H,8,18-30H2,1-7H3,(H,61,72)(H,62,79)(H,63,80)(H,64,77)(H,65,76)(H,66,78)/t32-,33-,34-,39+,40+,41+,42-,43-,44?,45?,46-,47-,48-,49-,50-/m0/s1. The average molecular weight is 1200 g/mol. The number of nitrogens with zero attached hydrogens (tertiary/aromatic N) is 4. The number of carbonyl (C=O) groups is 11. The summed E-state index contributed by atoms with van der Waals surface area (Å²) in [5.74, 6) is -10.8. The number of esters is 1. The van der Waals surface area contributed by atoms with E-state index >= 15 is 4.79 Å². The summed E-state index contributed by atoms with van der Waals surface area (Å²) < 4.78 is 5.89. The van der Waals surface area contributed by atoms with Crippen LogP contribution >= 0.6 is 0 Å². The van der Waals surface area contributed by atoms with Gasteiger partial charge in [-0.2, -0.15) is 0 Å². The molecular formula is C60H84N10O16. The fourth-order valence-corrected chi connectivity index (χ4v) is 12.2. The Morgan fingerprint density at radius 1 is 0.628 bits per heavy atom. The number of hydrogen-bond donors (Lipinski definition) is 10. The number of aliphatic hydroxyl groups is 3. The number of hydrogen-bond acceptors (Lipinski definition) is 16. The first-order valence-corrected chi connectivity index (χ1v) is 29.7. The Labute approximate surface area is 499 Å². The highest BCUT2D eigenvalue weighted by atomic mass is 16.5. The second-order valence-corrected chi connectivity index (χ2v) is 24.4. The van der Waals surface area contributed by atoms with Gasteiger partial charge in [-0.1, -0.05) is 90.4 Å². The maximum atomic E-state index is 15.1. The Balaban J connectivity index is 1.28. The van der Waals surface area contributed by atoms with Crippen LogP contribution in [0.5, 0.6) is 5.75 Å². The normalized spacial score (nSPS) is 30.2. The molecule has 5 aliphatic rings. The van der Waals surface area contributed by atoms with Gasteiger partial charge in [0.25, 0.3) is 0 Å². The Morgan fingerprint density at radius 3 is 1.73 bits per heavy atom. The van der Waals surface area contributed by atoms with Crippen molar-refractivity contribution in [1.29, 1.82) is 0 Å². The van der Waals surface area contributed by atoms with E-state index < -0.39 is 163 Å². The van der Waals surface area contributed by atoms with Crippen LogP contribution in [0.3, 0.4) is 0 Å². The zero-order valence-corrected chi connectivity index (χ0v) is 49.8. The van der Waals surface area contributed by atoms with Gasteiger partial charge in [0.2, 0.25) is 59.1 Å². The summed E-state index contributed by atoms with van der Waals surface area (Å²) in [6, 6.07) is 0.0903. The van der Waals surface area contributed by atoms with Gasteiger partial charge in [0.1, 0.15) is 72.8 Å². The van der Waals surface area contributed by atoms with E-state index in [4.69, 9.17) is 4.74 Å². The van der Waals surface area contributed by atoms with Crippen LogP contribution in [-0.4, -0.2) is 217 Å². The van der Waals surface area contributed by atoms with Crippen molar-refractivity contribution >= 4 is 65.0 Å². The highest BCUT2D eigenvalue weighted by Crippen LogP contribution is 2.32. The second-order valence-electron chi connectivity index (χ2n) is 24.4. The Hall–Kier alpha value is -7.71. The van der Waals surface area contributed by atoms with Crippen molar-refractivity contribution in [2.75, 3.05) is 39.4 Å². The minimum atomic E-state index is -1.77. The summed E-state index contributed by atoms with van der Waals surface area (Å²) in [5, 5.41) is 59.0. The smallest absolute Gasteiger partial charge is 0.328 e. The van der Waals surface area contributed by atoms with Gasteiger partial charge in [-0.25, -0.2) is 4.79 Å². The van der Waals surface area contributed by atoms with Crippen LogP contribution in [0.25, 0.3) is 0 Å². The van der Waals surface area contributed by atoms with Gasteiger partial charge in [0, 0.05) is 58.8 Å². The molecule has 86 heavy (non-hydrogen) atoms. The fourth-order valence-electron chi connectivity index (χ4n) is 12.2. The molecule has 10 amide bonds. The number of amides is 10. The molecule has 26 nitrogen and oxygen atoms in total. The van der Waals surface area contributed by atoms with Crippen LogP contribution in [0.4, 0.5) is 0 Å². The zero-order chi connectivity index (χ0) is 62.8. The largest absolute Gasteiger partial charge is 0.508 e. The number of phenols is 1. The number of ether oxygens (including phenoxy) is 1. The van der Waals surface area contributed by atoms with Gasteiger partial charge in [0.05, 0.1) is 18.8 Å². The number of carbonyl (C=O) groups excluding carboxylic acids is 11. The van der Waals surface area contributed by atoms with Gasteiger partial charge in [-0.15, -0.1) is 0 Å². The van der Waals surface area contributed by atoms with E-state index in [0.717, 1.165) is 9.80 Å². The lowest BCUT2D eigenvalue weighted by Crippen LogP contribution is -2.62. The SMILES string of the molecule is CC[C@H](C)[C@@H]1NC(=O)[C@@H](CC(C)C)NC(=O)[C@@H]2C[C@H](C)CN2C(=O)C(NC(=O)[C@H](Cc2ccccc2)NC(C)=O)COC(=O)[C@@H]2C[C@H](C)CN2C(=O)[C@@H]2C[C@@H](O)CN2C(=O)[C@@H]2C[C@@H](O)CN2C(=O)C(CO)NC(=O)[C@H](Cc2ccc(O)cc2)NC1=O. The van der Waals surface area contributed by atoms with Crippen molar-refractivity contribution in [1.82, 2.24) is 51.5 Å². The number of nitrogens with one attached hydrogen (secondary N) is 6. The molecule has 0 spiro atoms. The lowest BCUT2D eigenvalue weighted by atomic mass is 9.95. The lowest BCUT2D eigenvalue weighted by molar-refractivity contribution is -0.158. The number of fused-ring (bicyclic) bond motifs is 4. The minimum absolute atomic E-state index is 0.0143. The second kappa shape index (κ2) is 29.1. The first kappa shape index (κ1) is 65.8.